The fraction of sp³-hybridized carbons (Fsp3) is 0.429. The zero-order valence-electron chi connectivity index (χ0n) is 13.4. The number of carbonyl (C=O) groups is 2. The predicted octanol–water partition coefficient (Wildman–Crippen LogP) is 3.36. The molecule has 0 radical (unpaired) electrons. The van der Waals surface area contributed by atoms with Gasteiger partial charge in [0.2, 0.25) is 0 Å². The zero-order valence-corrected chi connectivity index (χ0v) is 15.9. The average molecular weight is 372 g/mol. The number of hydrogen-bond donors (Lipinski definition) is 1. The van der Waals surface area contributed by atoms with Gasteiger partial charge in [0.25, 0.3) is 0 Å². The van der Waals surface area contributed by atoms with Crippen LogP contribution < -0.4 is 0 Å². The molecule has 0 aliphatic heterocycles. The second kappa shape index (κ2) is 7.50. The summed E-state index contributed by atoms with van der Waals surface area (Å²) in [5.74, 6) is -0.518. The fourth-order valence-electron chi connectivity index (χ4n) is 2.14. The van der Waals surface area contributed by atoms with Crippen molar-refractivity contribution < 1.29 is 14.3 Å². The number of carbonyl (C=O) groups excluding carboxylic acids is 2. The van der Waals surface area contributed by atoms with Crippen molar-refractivity contribution in [3.05, 3.63) is 22.5 Å². The largest absolute Gasteiger partial charge is 0.465 e. The highest BCUT2D eigenvalue weighted by atomic mass is 32.2. The number of nitrogens with one attached hydrogen (secondary N) is 1. The number of ether oxygens (including phenoxy) is 1. The molecule has 124 valence electrons. The first-order valence-electron chi connectivity index (χ1n) is 6.74. The lowest BCUT2D eigenvalue weighted by atomic mass is 10.1. The molecule has 2 rings (SSSR count). The monoisotopic (exact) mass is 371 g/mol. The molecule has 0 aliphatic carbocycles. The number of ketones is 1. The smallest absolute Gasteiger partial charge is 0.339 e. The molecule has 0 saturated heterocycles. The third kappa shape index (κ3) is 3.78. The Morgan fingerprint density at radius 2 is 1.91 bits per heavy atom. The van der Waals surface area contributed by atoms with E-state index in [1.807, 2.05) is 13.2 Å². The van der Waals surface area contributed by atoms with Crippen molar-refractivity contribution in [2.45, 2.75) is 34.7 Å². The van der Waals surface area contributed by atoms with Gasteiger partial charge in [-0.25, -0.2) is 4.79 Å². The second-order valence-electron chi connectivity index (χ2n) is 4.78. The molecule has 0 unspecified atom stereocenters. The first-order valence-corrected chi connectivity index (χ1v) is 9.67. The van der Waals surface area contributed by atoms with Crippen molar-refractivity contribution in [2.75, 3.05) is 13.4 Å². The number of esters is 1. The highest BCUT2D eigenvalue weighted by Gasteiger charge is 2.26. The van der Waals surface area contributed by atoms with Crippen LogP contribution in [0.4, 0.5) is 0 Å². The number of thioether (sulfide) groups is 2. The Morgan fingerprint density at radius 1 is 1.26 bits per heavy atom. The van der Waals surface area contributed by atoms with Gasteiger partial charge in [0.1, 0.15) is 0 Å². The van der Waals surface area contributed by atoms with Crippen LogP contribution >= 0.6 is 34.9 Å². The zero-order chi connectivity index (χ0) is 17.1. The summed E-state index contributed by atoms with van der Waals surface area (Å²) >= 11 is 4.35. The van der Waals surface area contributed by atoms with Gasteiger partial charge in [-0.05, 0) is 32.6 Å². The van der Waals surface area contributed by atoms with E-state index in [0.717, 1.165) is 8.68 Å². The van der Waals surface area contributed by atoms with Crippen molar-refractivity contribution in [3.8, 4) is 0 Å². The van der Waals surface area contributed by atoms with E-state index >= 15 is 0 Å². The molecule has 0 amide bonds. The van der Waals surface area contributed by atoms with E-state index in [9.17, 15) is 9.59 Å². The van der Waals surface area contributed by atoms with Crippen molar-refractivity contribution >= 4 is 46.6 Å². The van der Waals surface area contributed by atoms with E-state index in [2.05, 4.69) is 15.2 Å². The van der Waals surface area contributed by atoms with Gasteiger partial charge in [-0.1, -0.05) is 34.9 Å². The normalized spacial score (nSPS) is 12.2. The van der Waals surface area contributed by atoms with E-state index in [1.54, 1.807) is 13.8 Å². The van der Waals surface area contributed by atoms with Crippen LogP contribution in [0.5, 0.6) is 0 Å². The molecule has 2 aromatic rings. The molecule has 0 saturated carbocycles. The maximum Gasteiger partial charge on any atom is 0.339 e. The number of aromatic amines is 1. The van der Waals surface area contributed by atoms with E-state index in [-0.39, 0.29) is 11.0 Å². The molecule has 0 aliphatic rings. The molecular formula is C14H17N3O3S3. The maximum atomic E-state index is 12.7. The van der Waals surface area contributed by atoms with Gasteiger partial charge in [-0.15, -0.1) is 10.2 Å². The highest BCUT2D eigenvalue weighted by molar-refractivity contribution is 8.03. The van der Waals surface area contributed by atoms with E-state index in [1.165, 1.54) is 42.0 Å². The number of methoxy groups -OCH3 is 1. The summed E-state index contributed by atoms with van der Waals surface area (Å²) in [6, 6.07) is 0. The van der Waals surface area contributed by atoms with Crippen LogP contribution in [-0.4, -0.2) is 45.5 Å². The minimum Gasteiger partial charge on any atom is -0.465 e. The number of aromatic nitrogens is 3. The topological polar surface area (TPSA) is 84.9 Å². The van der Waals surface area contributed by atoms with Crippen molar-refractivity contribution in [1.29, 1.82) is 0 Å². The minimum atomic E-state index is -0.440. The van der Waals surface area contributed by atoms with Crippen LogP contribution in [0, 0.1) is 13.8 Å². The molecule has 2 heterocycles. The number of nitrogens with zero attached hydrogens (tertiary/aromatic N) is 2. The summed E-state index contributed by atoms with van der Waals surface area (Å²) in [7, 11) is 1.33. The third-order valence-corrected chi connectivity index (χ3v) is 6.37. The molecule has 23 heavy (non-hydrogen) atoms. The van der Waals surface area contributed by atoms with Crippen molar-refractivity contribution in [1.82, 2.24) is 15.2 Å². The lowest BCUT2D eigenvalue weighted by Crippen LogP contribution is -2.15. The quantitative estimate of drug-likeness (QED) is 0.473. The SMILES string of the molecule is COC(=O)c1c(C)[nH]c(C(=O)[C@@H](C)Sc2nnc(SC)s2)c1C. The lowest BCUT2D eigenvalue weighted by molar-refractivity contribution is 0.0599. The molecule has 0 aromatic carbocycles. The summed E-state index contributed by atoms with van der Waals surface area (Å²) in [4.78, 5) is 27.5. The van der Waals surface area contributed by atoms with Crippen LogP contribution in [0.1, 0.15) is 39.0 Å². The van der Waals surface area contributed by atoms with Gasteiger partial charge in [-0.3, -0.25) is 4.79 Å². The first kappa shape index (κ1) is 18.0. The Balaban J connectivity index is 2.21. The number of Topliss-reactive ketones (excluding diaryl/α,β-unsaturated/α-hetero) is 1. The summed E-state index contributed by atoms with van der Waals surface area (Å²) in [5, 5.41) is 7.75. The molecule has 6 nitrogen and oxygen atoms in total. The number of hydrogen-bond acceptors (Lipinski definition) is 8. The lowest BCUT2D eigenvalue weighted by Gasteiger charge is -2.07. The molecule has 1 N–H and O–H groups in total. The third-order valence-electron chi connectivity index (χ3n) is 3.28. The summed E-state index contributed by atoms with van der Waals surface area (Å²) in [5.41, 5.74) is 2.12. The van der Waals surface area contributed by atoms with E-state index in [4.69, 9.17) is 4.74 Å². The van der Waals surface area contributed by atoms with Crippen LogP contribution in [0.2, 0.25) is 0 Å². The molecule has 2 aromatic heterocycles. The molecule has 0 bridgehead atoms. The molecule has 0 spiro atoms. The Hall–Kier alpha value is -1.32. The highest BCUT2D eigenvalue weighted by Crippen LogP contribution is 2.32. The number of H-pyrrole nitrogens is 1. The summed E-state index contributed by atoms with van der Waals surface area (Å²) in [6.45, 7) is 5.32. The average Bonchev–Trinajstić information content (AvgIpc) is 3.10. The second-order valence-corrected chi connectivity index (χ2v) is 8.40. The summed E-state index contributed by atoms with van der Waals surface area (Å²) < 4.78 is 6.39. The molecule has 9 heteroatoms. The van der Waals surface area contributed by atoms with Gasteiger partial charge in [0.15, 0.2) is 14.5 Å². The van der Waals surface area contributed by atoms with Crippen LogP contribution in [0.3, 0.4) is 0 Å². The standard InChI is InChI=1S/C14H17N3O3S3/c1-6-9(12(19)20-4)7(2)15-10(6)11(18)8(3)22-14-17-16-13(21-5)23-14/h8,15H,1-5H3/t8-/m1/s1. The van der Waals surface area contributed by atoms with Crippen LogP contribution in [0.25, 0.3) is 0 Å². The van der Waals surface area contributed by atoms with Crippen LogP contribution in [-0.2, 0) is 4.74 Å². The number of rotatable bonds is 6. The molecular weight excluding hydrogens is 354 g/mol. The predicted molar refractivity (Wildman–Crippen MR) is 92.9 cm³/mol. The van der Waals surface area contributed by atoms with E-state index in [0.29, 0.717) is 22.5 Å². The Kier molecular flexibility index (Phi) is 5.88. The van der Waals surface area contributed by atoms with Crippen molar-refractivity contribution in [2.24, 2.45) is 0 Å². The minimum absolute atomic E-state index is 0.0772. The van der Waals surface area contributed by atoms with Crippen molar-refractivity contribution in [3.63, 3.8) is 0 Å². The van der Waals surface area contributed by atoms with Gasteiger partial charge in [0, 0.05) is 5.69 Å². The van der Waals surface area contributed by atoms with Gasteiger partial charge >= 0.3 is 5.97 Å². The molecule has 1 atom stereocenters. The van der Waals surface area contributed by atoms with Gasteiger partial charge in [0.05, 0.1) is 23.6 Å². The Morgan fingerprint density at radius 3 is 2.48 bits per heavy atom. The number of aryl methyl sites for hydroxylation is 1. The Labute approximate surface area is 146 Å². The van der Waals surface area contributed by atoms with Gasteiger partial charge in [-0.2, -0.15) is 0 Å². The first-order chi connectivity index (χ1) is 10.9. The fourth-order valence-corrected chi connectivity index (χ4v) is 4.78. The van der Waals surface area contributed by atoms with Gasteiger partial charge < -0.3 is 9.72 Å². The molecule has 0 fully saturated rings. The summed E-state index contributed by atoms with van der Waals surface area (Å²) in [6.07, 6.45) is 1.93. The van der Waals surface area contributed by atoms with E-state index < -0.39 is 5.97 Å². The Bertz CT molecular complexity index is 739. The maximum absolute atomic E-state index is 12.7. The van der Waals surface area contributed by atoms with Crippen LogP contribution in [0.15, 0.2) is 8.68 Å².